The minimum absolute atomic E-state index is 0.736. The predicted molar refractivity (Wildman–Crippen MR) is 68.4 cm³/mol. The first-order valence-corrected chi connectivity index (χ1v) is 6.99. The standard InChI is InChI=1S/C12H21BrN2/c1-3-5-11(9-13)10-15-8-7-14-12(15)6-4-2/h7-8,11H,3-6,9-10H2,1-2H3. The van der Waals surface area contributed by atoms with Crippen molar-refractivity contribution in [1.29, 1.82) is 0 Å². The molecule has 0 amide bonds. The van der Waals surface area contributed by atoms with Gasteiger partial charge in [0, 0.05) is 30.7 Å². The number of hydrogen-bond acceptors (Lipinski definition) is 1. The highest BCUT2D eigenvalue weighted by Crippen LogP contribution is 2.14. The van der Waals surface area contributed by atoms with Gasteiger partial charge in [0.1, 0.15) is 5.82 Å². The van der Waals surface area contributed by atoms with E-state index < -0.39 is 0 Å². The molecule has 0 radical (unpaired) electrons. The van der Waals surface area contributed by atoms with Crippen molar-refractivity contribution in [2.75, 3.05) is 5.33 Å². The lowest BCUT2D eigenvalue weighted by Crippen LogP contribution is -2.13. The average Bonchev–Trinajstić information content (AvgIpc) is 2.66. The summed E-state index contributed by atoms with van der Waals surface area (Å²) in [6.07, 6.45) is 8.83. The summed E-state index contributed by atoms with van der Waals surface area (Å²) in [5, 5.41) is 1.09. The van der Waals surface area contributed by atoms with Gasteiger partial charge in [0.05, 0.1) is 0 Å². The van der Waals surface area contributed by atoms with Crippen molar-refractivity contribution in [1.82, 2.24) is 9.55 Å². The van der Waals surface area contributed by atoms with Crippen LogP contribution in [-0.4, -0.2) is 14.9 Å². The smallest absolute Gasteiger partial charge is 0.108 e. The van der Waals surface area contributed by atoms with Gasteiger partial charge in [0.25, 0.3) is 0 Å². The van der Waals surface area contributed by atoms with E-state index in [0.717, 1.165) is 24.2 Å². The van der Waals surface area contributed by atoms with Crippen molar-refractivity contribution in [3.63, 3.8) is 0 Å². The Morgan fingerprint density at radius 1 is 1.40 bits per heavy atom. The monoisotopic (exact) mass is 272 g/mol. The third-order valence-corrected chi connectivity index (χ3v) is 3.56. The normalized spacial score (nSPS) is 13.0. The van der Waals surface area contributed by atoms with Crippen LogP contribution >= 0.6 is 15.9 Å². The molecular formula is C12H21BrN2. The number of imidazole rings is 1. The third kappa shape index (κ3) is 3.98. The van der Waals surface area contributed by atoms with Gasteiger partial charge in [-0.1, -0.05) is 36.2 Å². The first kappa shape index (κ1) is 12.8. The summed E-state index contributed by atoms with van der Waals surface area (Å²) < 4.78 is 2.31. The van der Waals surface area contributed by atoms with Gasteiger partial charge in [-0.25, -0.2) is 4.98 Å². The third-order valence-electron chi connectivity index (χ3n) is 2.65. The molecule has 1 aromatic heterocycles. The Balaban J connectivity index is 2.57. The molecule has 86 valence electrons. The van der Waals surface area contributed by atoms with Crippen molar-refractivity contribution in [2.24, 2.45) is 5.92 Å². The number of aryl methyl sites for hydroxylation is 1. The van der Waals surface area contributed by atoms with Gasteiger partial charge in [-0.05, 0) is 18.8 Å². The molecule has 1 unspecified atom stereocenters. The molecule has 0 aliphatic heterocycles. The number of aromatic nitrogens is 2. The van der Waals surface area contributed by atoms with Crippen molar-refractivity contribution < 1.29 is 0 Å². The summed E-state index contributed by atoms with van der Waals surface area (Å²) in [5.74, 6) is 1.97. The van der Waals surface area contributed by atoms with Gasteiger partial charge in [0.15, 0.2) is 0 Å². The second-order valence-electron chi connectivity index (χ2n) is 4.05. The lowest BCUT2D eigenvalue weighted by atomic mass is 10.1. The van der Waals surface area contributed by atoms with Crippen LogP contribution in [0.1, 0.15) is 38.9 Å². The Hall–Kier alpha value is -0.310. The molecule has 1 atom stereocenters. The fourth-order valence-corrected chi connectivity index (χ4v) is 2.39. The summed E-state index contributed by atoms with van der Waals surface area (Å²) in [4.78, 5) is 4.40. The summed E-state index contributed by atoms with van der Waals surface area (Å²) in [6, 6.07) is 0. The van der Waals surface area contributed by atoms with Gasteiger partial charge in [0.2, 0.25) is 0 Å². The van der Waals surface area contributed by atoms with Crippen molar-refractivity contribution in [3.05, 3.63) is 18.2 Å². The molecule has 0 spiro atoms. The average molecular weight is 273 g/mol. The summed E-state index contributed by atoms with van der Waals surface area (Å²) >= 11 is 3.59. The Labute approximate surface area is 101 Å². The van der Waals surface area contributed by atoms with E-state index in [1.54, 1.807) is 0 Å². The summed E-state index contributed by atoms with van der Waals surface area (Å²) in [7, 11) is 0. The van der Waals surface area contributed by atoms with Crippen molar-refractivity contribution >= 4 is 15.9 Å². The lowest BCUT2D eigenvalue weighted by Gasteiger charge is -2.15. The number of rotatable bonds is 7. The molecule has 1 rings (SSSR count). The second-order valence-corrected chi connectivity index (χ2v) is 4.70. The molecule has 0 aromatic carbocycles. The zero-order valence-corrected chi connectivity index (χ0v) is 11.3. The molecule has 15 heavy (non-hydrogen) atoms. The lowest BCUT2D eigenvalue weighted by molar-refractivity contribution is 0.445. The highest BCUT2D eigenvalue weighted by atomic mass is 79.9. The fourth-order valence-electron chi connectivity index (χ4n) is 1.86. The van der Waals surface area contributed by atoms with E-state index in [2.05, 4.69) is 45.5 Å². The molecule has 1 heterocycles. The molecular weight excluding hydrogens is 252 g/mol. The van der Waals surface area contributed by atoms with E-state index in [0.29, 0.717) is 0 Å². The maximum Gasteiger partial charge on any atom is 0.108 e. The summed E-state index contributed by atoms with van der Waals surface area (Å²) in [5.41, 5.74) is 0. The van der Waals surface area contributed by atoms with Gasteiger partial charge >= 0.3 is 0 Å². The van der Waals surface area contributed by atoms with Crippen LogP contribution in [-0.2, 0) is 13.0 Å². The van der Waals surface area contributed by atoms with E-state index in [1.165, 1.54) is 25.1 Å². The van der Waals surface area contributed by atoms with Crippen LogP contribution in [0.2, 0.25) is 0 Å². The minimum atomic E-state index is 0.736. The number of hydrogen-bond donors (Lipinski definition) is 0. The van der Waals surface area contributed by atoms with Crippen molar-refractivity contribution in [3.8, 4) is 0 Å². The maximum atomic E-state index is 4.40. The van der Waals surface area contributed by atoms with Crippen LogP contribution in [0.15, 0.2) is 12.4 Å². The van der Waals surface area contributed by atoms with E-state index in [9.17, 15) is 0 Å². The van der Waals surface area contributed by atoms with Gasteiger partial charge in [-0.3, -0.25) is 0 Å². The number of nitrogens with zero attached hydrogens (tertiary/aromatic N) is 2. The molecule has 1 aromatic rings. The first-order chi connectivity index (χ1) is 7.31. The Bertz CT molecular complexity index is 270. The Morgan fingerprint density at radius 3 is 2.80 bits per heavy atom. The molecule has 0 aliphatic rings. The van der Waals surface area contributed by atoms with Crippen LogP contribution in [0.5, 0.6) is 0 Å². The predicted octanol–water partition coefficient (Wildman–Crippen LogP) is 3.65. The quantitative estimate of drug-likeness (QED) is 0.693. The van der Waals surface area contributed by atoms with E-state index in [-0.39, 0.29) is 0 Å². The van der Waals surface area contributed by atoms with Gasteiger partial charge in [-0.15, -0.1) is 0 Å². The fraction of sp³-hybridized carbons (Fsp3) is 0.750. The number of alkyl halides is 1. The zero-order valence-electron chi connectivity index (χ0n) is 9.75. The van der Waals surface area contributed by atoms with E-state index >= 15 is 0 Å². The van der Waals surface area contributed by atoms with Crippen LogP contribution in [0.4, 0.5) is 0 Å². The van der Waals surface area contributed by atoms with E-state index in [1.807, 2.05) is 6.20 Å². The molecule has 0 fully saturated rings. The van der Waals surface area contributed by atoms with Crippen LogP contribution in [0.3, 0.4) is 0 Å². The van der Waals surface area contributed by atoms with Gasteiger partial charge < -0.3 is 4.57 Å². The minimum Gasteiger partial charge on any atom is -0.335 e. The highest BCUT2D eigenvalue weighted by molar-refractivity contribution is 9.09. The Morgan fingerprint density at radius 2 is 2.20 bits per heavy atom. The van der Waals surface area contributed by atoms with E-state index in [4.69, 9.17) is 0 Å². The number of halogens is 1. The molecule has 0 saturated heterocycles. The highest BCUT2D eigenvalue weighted by Gasteiger charge is 2.09. The first-order valence-electron chi connectivity index (χ1n) is 5.87. The van der Waals surface area contributed by atoms with Crippen LogP contribution in [0.25, 0.3) is 0 Å². The molecule has 0 aliphatic carbocycles. The molecule has 0 saturated carbocycles. The molecule has 2 nitrogen and oxygen atoms in total. The van der Waals surface area contributed by atoms with Crippen LogP contribution < -0.4 is 0 Å². The topological polar surface area (TPSA) is 17.8 Å². The van der Waals surface area contributed by atoms with Crippen LogP contribution in [0, 0.1) is 5.92 Å². The zero-order chi connectivity index (χ0) is 11.1. The van der Waals surface area contributed by atoms with Crippen molar-refractivity contribution in [2.45, 2.75) is 46.1 Å². The Kier molecular flexibility index (Phi) is 5.99. The molecule has 3 heteroatoms. The molecule has 0 bridgehead atoms. The largest absolute Gasteiger partial charge is 0.335 e. The second kappa shape index (κ2) is 7.04. The molecule has 0 N–H and O–H groups in total. The van der Waals surface area contributed by atoms with Gasteiger partial charge in [-0.2, -0.15) is 0 Å². The SMILES string of the molecule is CCCc1nccn1CC(CBr)CCC. The summed E-state index contributed by atoms with van der Waals surface area (Å²) in [6.45, 7) is 5.55. The maximum absolute atomic E-state index is 4.40.